The highest BCUT2D eigenvalue weighted by atomic mass is 16.5. The molecule has 0 radical (unpaired) electrons. The quantitative estimate of drug-likeness (QED) is 0.140. The minimum absolute atomic E-state index is 0.0398. The average Bonchev–Trinajstić information content (AvgIpc) is 3.39. The van der Waals surface area contributed by atoms with E-state index in [1.807, 2.05) is 102 Å². The molecule has 0 aliphatic rings. The first kappa shape index (κ1) is 32.0. The third kappa shape index (κ3) is 8.18. The molecule has 46 heavy (non-hydrogen) atoms. The van der Waals surface area contributed by atoms with E-state index in [4.69, 9.17) is 10.5 Å². The Labute approximate surface area is 267 Å². The van der Waals surface area contributed by atoms with Crippen molar-refractivity contribution in [2.45, 2.75) is 57.7 Å². The molecule has 0 saturated heterocycles. The number of carboxylic acid groups (broad SMARTS) is 1. The molecule has 9 heteroatoms. The molecular weight excluding hydrogens is 582 g/mol. The van der Waals surface area contributed by atoms with Crippen LogP contribution in [0.4, 0.5) is 0 Å². The lowest BCUT2D eigenvalue weighted by molar-refractivity contribution is -0.153. The number of aryl methyl sites for hydroxylation is 1. The number of primary amides is 1. The molecule has 0 unspecified atom stereocenters. The van der Waals surface area contributed by atoms with Gasteiger partial charge in [-0.1, -0.05) is 90.5 Å². The molecule has 2 atom stereocenters. The van der Waals surface area contributed by atoms with Gasteiger partial charge in [-0.3, -0.25) is 14.4 Å². The number of ether oxygens (including phenoxy) is 1. The molecule has 1 heterocycles. The first-order valence-electron chi connectivity index (χ1n) is 15.3. The van der Waals surface area contributed by atoms with E-state index < -0.39 is 35.9 Å². The van der Waals surface area contributed by atoms with E-state index >= 15 is 0 Å². The van der Waals surface area contributed by atoms with Crippen LogP contribution in [0.2, 0.25) is 0 Å². The summed E-state index contributed by atoms with van der Waals surface area (Å²) >= 11 is 0. The third-order valence-electron chi connectivity index (χ3n) is 7.97. The monoisotopic (exact) mass is 619 g/mol. The Hall–Kier alpha value is -5.44. The van der Waals surface area contributed by atoms with Crippen LogP contribution in [0.1, 0.15) is 52.7 Å². The van der Waals surface area contributed by atoms with Crippen LogP contribution in [0, 0.1) is 6.92 Å². The van der Waals surface area contributed by atoms with Crippen LogP contribution in [0.25, 0.3) is 21.7 Å². The molecule has 0 aliphatic carbocycles. The van der Waals surface area contributed by atoms with Crippen molar-refractivity contribution in [3.05, 3.63) is 119 Å². The van der Waals surface area contributed by atoms with Gasteiger partial charge in [0.15, 0.2) is 0 Å². The Morgan fingerprint density at radius 3 is 2.33 bits per heavy atom. The summed E-state index contributed by atoms with van der Waals surface area (Å²) in [7, 11) is 0. The number of benzene rings is 4. The largest absolute Gasteiger partial charge is 0.481 e. The van der Waals surface area contributed by atoms with Crippen molar-refractivity contribution in [3.8, 4) is 0 Å². The maximum atomic E-state index is 13.7. The van der Waals surface area contributed by atoms with Crippen molar-refractivity contribution in [1.29, 1.82) is 0 Å². The minimum Gasteiger partial charge on any atom is -0.481 e. The van der Waals surface area contributed by atoms with Gasteiger partial charge in [-0.05, 0) is 47.7 Å². The second-order valence-electron chi connectivity index (χ2n) is 11.6. The second kappa shape index (κ2) is 14.6. The van der Waals surface area contributed by atoms with Gasteiger partial charge in [0.05, 0.1) is 12.0 Å². The lowest BCUT2D eigenvalue weighted by atomic mass is 10.0. The number of para-hydroxylation sites is 1. The van der Waals surface area contributed by atoms with Crippen LogP contribution < -0.4 is 11.1 Å². The SMILES string of the molecule is Cc1ccc(Cn2cc(C(=O)N[C@@H](CCCC(=O)O)C(=O)O[C@H](CC(N)=O)Cc3ccc4ccccc4c3)c3ccccc32)cc1. The van der Waals surface area contributed by atoms with Crippen molar-refractivity contribution >= 4 is 45.4 Å². The summed E-state index contributed by atoms with van der Waals surface area (Å²) < 4.78 is 7.79. The second-order valence-corrected chi connectivity index (χ2v) is 11.6. The fraction of sp³-hybridized carbons (Fsp3) is 0.243. The molecule has 2 amide bonds. The predicted molar refractivity (Wildman–Crippen MR) is 176 cm³/mol. The van der Waals surface area contributed by atoms with Gasteiger partial charge in [-0.25, -0.2) is 4.79 Å². The number of nitrogens with two attached hydrogens (primary N) is 1. The molecule has 0 saturated carbocycles. The predicted octanol–water partition coefficient (Wildman–Crippen LogP) is 5.53. The Morgan fingerprint density at radius 1 is 0.891 bits per heavy atom. The number of carbonyl (C=O) groups is 4. The number of esters is 1. The number of rotatable bonds is 14. The first-order chi connectivity index (χ1) is 22.2. The molecule has 0 spiro atoms. The van der Waals surface area contributed by atoms with E-state index in [1.54, 1.807) is 6.20 Å². The average molecular weight is 620 g/mol. The van der Waals surface area contributed by atoms with Crippen LogP contribution in [0.5, 0.6) is 0 Å². The van der Waals surface area contributed by atoms with E-state index in [-0.39, 0.29) is 32.1 Å². The molecule has 0 bridgehead atoms. The van der Waals surface area contributed by atoms with Crippen LogP contribution in [-0.4, -0.2) is 45.6 Å². The summed E-state index contributed by atoms with van der Waals surface area (Å²) in [6.07, 6.45) is 0.907. The number of carbonyl (C=O) groups excluding carboxylic acids is 3. The number of nitrogens with one attached hydrogen (secondary N) is 1. The van der Waals surface area contributed by atoms with Crippen LogP contribution in [0.15, 0.2) is 97.2 Å². The smallest absolute Gasteiger partial charge is 0.328 e. The molecule has 9 nitrogen and oxygen atoms in total. The molecule has 5 rings (SSSR count). The van der Waals surface area contributed by atoms with E-state index in [2.05, 4.69) is 5.32 Å². The van der Waals surface area contributed by atoms with E-state index in [0.29, 0.717) is 17.5 Å². The normalized spacial score (nSPS) is 12.5. The highest BCUT2D eigenvalue weighted by molar-refractivity contribution is 6.08. The van der Waals surface area contributed by atoms with Gasteiger partial charge in [0, 0.05) is 36.5 Å². The molecule has 0 aliphatic heterocycles. The number of hydrogen-bond donors (Lipinski definition) is 3. The lowest BCUT2D eigenvalue weighted by Crippen LogP contribution is -2.43. The summed E-state index contributed by atoms with van der Waals surface area (Å²) in [4.78, 5) is 50.5. The fourth-order valence-electron chi connectivity index (χ4n) is 5.65. The summed E-state index contributed by atoms with van der Waals surface area (Å²) in [5, 5.41) is 14.8. The summed E-state index contributed by atoms with van der Waals surface area (Å²) in [5.74, 6) is -2.89. The maximum Gasteiger partial charge on any atom is 0.328 e. The Kier molecular flexibility index (Phi) is 10.1. The van der Waals surface area contributed by atoms with Gasteiger partial charge >= 0.3 is 11.9 Å². The van der Waals surface area contributed by atoms with Crippen LogP contribution in [0.3, 0.4) is 0 Å². The Balaban J connectivity index is 1.36. The summed E-state index contributed by atoms with van der Waals surface area (Å²) in [6, 6.07) is 28.2. The number of nitrogens with zero attached hydrogens (tertiary/aromatic N) is 1. The zero-order valence-electron chi connectivity index (χ0n) is 25.6. The molecule has 1 aromatic heterocycles. The van der Waals surface area contributed by atoms with Crippen LogP contribution in [-0.2, 0) is 32.1 Å². The summed E-state index contributed by atoms with van der Waals surface area (Å²) in [5.41, 5.74) is 9.82. The van der Waals surface area contributed by atoms with Gasteiger partial charge in [-0.2, -0.15) is 0 Å². The summed E-state index contributed by atoms with van der Waals surface area (Å²) in [6.45, 7) is 2.57. The Bertz CT molecular complexity index is 1880. The van der Waals surface area contributed by atoms with Crippen molar-refractivity contribution in [2.24, 2.45) is 5.73 Å². The van der Waals surface area contributed by atoms with Gasteiger partial charge in [0.2, 0.25) is 5.91 Å². The minimum atomic E-state index is -1.14. The van der Waals surface area contributed by atoms with Gasteiger partial charge in [-0.15, -0.1) is 0 Å². The number of carboxylic acids is 1. The molecule has 4 N–H and O–H groups in total. The molecule has 5 aromatic rings. The van der Waals surface area contributed by atoms with Crippen molar-refractivity contribution in [3.63, 3.8) is 0 Å². The Morgan fingerprint density at radius 2 is 1.59 bits per heavy atom. The van der Waals surface area contributed by atoms with Gasteiger partial charge in [0.25, 0.3) is 5.91 Å². The third-order valence-corrected chi connectivity index (χ3v) is 7.97. The first-order valence-corrected chi connectivity index (χ1v) is 15.3. The van der Waals surface area contributed by atoms with Crippen molar-refractivity contribution in [1.82, 2.24) is 9.88 Å². The molecular formula is C37H37N3O6. The number of hydrogen-bond acceptors (Lipinski definition) is 5. The molecule has 236 valence electrons. The number of fused-ring (bicyclic) bond motifs is 2. The van der Waals surface area contributed by atoms with Gasteiger partial charge in [0.1, 0.15) is 12.1 Å². The topological polar surface area (TPSA) is 141 Å². The fourth-order valence-corrected chi connectivity index (χ4v) is 5.65. The van der Waals surface area contributed by atoms with E-state index in [1.165, 1.54) is 0 Å². The van der Waals surface area contributed by atoms with E-state index in [9.17, 15) is 24.3 Å². The number of aromatic nitrogens is 1. The highest BCUT2D eigenvalue weighted by Crippen LogP contribution is 2.24. The van der Waals surface area contributed by atoms with E-state index in [0.717, 1.165) is 33.0 Å². The van der Waals surface area contributed by atoms with Crippen LogP contribution >= 0.6 is 0 Å². The lowest BCUT2D eigenvalue weighted by Gasteiger charge is -2.22. The molecule has 4 aromatic carbocycles. The number of amides is 2. The number of aliphatic carboxylic acids is 1. The highest BCUT2D eigenvalue weighted by Gasteiger charge is 2.28. The standard InChI is InChI=1S/C37H37N3O6/c1-24-13-15-25(16-14-24)22-40-23-31(30-9-4-5-11-33(30)40)36(44)39-32(10-6-12-35(42)43)37(45)46-29(21-34(38)41)20-26-17-18-27-7-2-3-8-28(27)19-26/h2-5,7-9,11,13-19,23,29,32H,6,10,12,20-22H2,1H3,(H2,38,41)(H,39,44)(H,42,43)/t29-,32-/m0/s1. The van der Waals surface area contributed by atoms with Crippen molar-refractivity contribution < 1.29 is 29.0 Å². The van der Waals surface area contributed by atoms with Gasteiger partial charge < -0.3 is 25.5 Å². The maximum absolute atomic E-state index is 13.7. The zero-order chi connectivity index (χ0) is 32.6. The molecule has 0 fully saturated rings. The van der Waals surface area contributed by atoms with Crippen molar-refractivity contribution in [2.75, 3.05) is 0 Å². The zero-order valence-corrected chi connectivity index (χ0v) is 25.6.